The zero-order valence-electron chi connectivity index (χ0n) is 5.35. The van der Waals surface area contributed by atoms with Crippen LogP contribution in [0.2, 0.25) is 0 Å². The largest absolute Gasteiger partial charge is 0.416 e. The first-order valence-corrected chi connectivity index (χ1v) is 2.84. The third kappa shape index (κ3) is 1.86. The zero-order chi connectivity index (χ0) is 8.48. The Morgan fingerprint density at radius 1 is 1.18 bits per heavy atom. The third-order valence-electron chi connectivity index (χ3n) is 1.16. The van der Waals surface area contributed by atoms with Crippen molar-refractivity contribution in [1.82, 2.24) is 0 Å². The van der Waals surface area contributed by atoms with Gasteiger partial charge in [0.25, 0.3) is 0 Å². The van der Waals surface area contributed by atoms with E-state index in [2.05, 4.69) is 0 Å². The molecule has 0 saturated carbocycles. The van der Waals surface area contributed by atoms with Gasteiger partial charge < -0.3 is 0 Å². The lowest BCUT2D eigenvalue weighted by Gasteiger charge is -2.04. The summed E-state index contributed by atoms with van der Waals surface area (Å²) in [5, 5.41) is 10.4. The van der Waals surface area contributed by atoms with Crippen LogP contribution in [0.5, 0.6) is 5.75 Å². The molecule has 0 aliphatic rings. The first-order valence-electron chi connectivity index (χ1n) is 2.84. The Kier molecular flexibility index (Phi) is 1.76. The fourth-order valence-corrected chi connectivity index (χ4v) is 0.672. The van der Waals surface area contributed by atoms with Gasteiger partial charge in [0.2, 0.25) is 0 Å². The lowest BCUT2D eigenvalue weighted by Crippen LogP contribution is -2.03. The Hall–Kier alpha value is -1.19. The molecule has 59 valence electrons. The van der Waals surface area contributed by atoms with E-state index >= 15 is 0 Å². The summed E-state index contributed by atoms with van der Waals surface area (Å²) in [6, 6.07) is 3.60. The molecule has 1 rings (SSSR count). The number of halogens is 3. The number of hydrogen-bond donors (Lipinski definition) is 0. The van der Waals surface area contributed by atoms with Crippen LogP contribution in [0.4, 0.5) is 13.2 Å². The first-order chi connectivity index (χ1) is 5.00. The summed E-state index contributed by atoms with van der Waals surface area (Å²) < 4.78 is 35.5. The Bertz CT molecular complexity index is 254. The molecule has 0 spiro atoms. The second-order valence-electron chi connectivity index (χ2n) is 2.03. The molecule has 0 aromatic heterocycles. The predicted molar refractivity (Wildman–Crippen MR) is 31.6 cm³/mol. The smallest absolute Gasteiger partial charge is 0.290 e. The SMILES string of the molecule is [O]c1cccc(C(F)(F)F)c1. The van der Waals surface area contributed by atoms with Crippen LogP contribution in [0.25, 0.3) is 0 Å². The van der Waals surface area contributed by atoms with E-state index in [0.29, 0.717) is 6.07 Å². The molecule has 0 atom stereocenters. The van der Waals surface area contributed by atoms with Crippen molar-refractivity contribution >= 4 is 0 Å². The summed E-state index contributed by atoms with van der Waals surface area (Å²) in [5.74, 6) is -0.625. The van der Waals surface area contributed by atoms with Gasteiger partial charge in [-0.1, -0.05) is 6.07 Å². The van der Waals surface area contributed by atoms with Crippen LogP contribution in [0.1, 0.15) is 5.56 Å². The average molecular weight is 161 g/mol. The lowest BCUT2D eigenvalue weighted by molar-refractivity contribution is -0.137. The van der Waals surface area contributed by atoms with Gasteiger partial charge in [-0.2, -0.15) is 13.2 Å². The number of rotatable bonds is 0. The number of hydrogen-bond acceptors (Lipinski definition) is 0. The molecule has 0 unspecified atom stereocenters. The summed E-state index contributed by atoms with van der Waals surface area (Å²) in [5.41, 5.74) is -0.898. The van der Waals surface area contributed by atoms with Crippen molar-refractivity contribution in [2.45, 2.75) is 6.18 Å². The van der Waals surface area contributed by atoms with E-state index in [-0.39, 0.29) is 0 Å². The molecule has 1 aromatic rings. The second-order valence-corrected chi connectivity index (χ2v) is 2.03. The van der Waals surface area contributed by atoms with Crippen molar-refractivity contribution in [2.24, 2.45) is 0 Å². The summed E-state index contributed by atoms with van der Waals surface area (Å²) in [6.07, 6.45) is -4.42. The standard InChI is InChI=1S/C7H4F3O/c8-7(9,10)5-2-1-3-6(11)4-5/h1-4H. The van der Waals surface area contributed by atoms with E-state index in [1.54, 1.807) is 0 Å². The summed E-state index contributed by atoms with van der Waals surface area (Å²) in [7, 11) is 0. The van der Waals surface area contributed by atoms with E-state index < -0.39 is 17.5 Å². The maximum absolute atomic E-state index is 11.8. The molecule has 0 bridgehead atoms. The predicted octanol–water partition coefficient (Wildman–Crippen LogP) is 2.85. The molecule has 0 N–H and O–H groups in total. The van der Waals surface area contributed by atoms with E-state index in [1.165, 1.54) is 0 Å². The van der Waals surface area contributed by atoms with Gasteiger partial charge >= 0.3 is 6.18 Å². The van der Waals surface area contributed by atoms with Crippen LogP contribution in [0, 0.1) is 0 Å². The van der Waals surface area contributed by atoms with Gasteiger partial charge in [-0.25, -0.2) is 0 Å². The molecule has 1 aromatic carbocycles. The zero-order valence-corrected chi connectivity index (χ0v) is 5.35. The Morgan fingerprint density at radius 3 is 2.18 bits per heavy atom. The highest BCUT2D eigenvalue weighted by Crippen LogP contribution is 2.30. The van der Waals surface area contributed by atoms with Gasteiger partial charge in [-0.3, -0.25) is 5.11 Å². The van der Waals surface area contributed by atoms with Gasteiger partial charge in [-0.15, -0.1) is 0 Å². The van der Waals surface area contributed by atoms with Crippen molar-refractivity contribution < 1.29 is 18.3 Å². The van der Waals surface area contributed by atoms with Crippen LogP contribution >= 0.6 is 0 Å². The molecule has 0 fully saturated rings. The van der Waals surface area contributed by atoms with Crippen LogP contribution in [-0.4, -0.2) is 0 Å². The molecule has 4 heteroatoms. The molecule has 0 aliphatic heterocycles. The quantitative estimate of drug-likeness (QED) is 0.557. The fourth-order valence-electron chi connectivity index (χ4n) is 0.672. The Morgan fingerprint density at radius 2 is 1.82 bits per heavy atom. The van der Waals surface area contributed by atoms with Crippen LogP contribution < -0.4 is 0 Å². The Balaban J connectivity index is 3.06. The molecule has 11 heavy (non-hydrogen) atoms. The lowest BCUT2D eigenvalue weighted by atomic mass is 10.2. The minimum atomic E-state index is -4.42. The minimum Gasteiger partial charge on any atom is -0.290 e. The Labute approximate surface area is 61.1 Å². The van der Waals surface area contributed by atoms with E-state index in [9.17, 15) is 18.3 Å². The minimum absolute atomic E-state index is 0.569. The van der Waals surface area contributed by atoms with Crippen molar-refractivity contribution in [3.05, 3.63) is 29.8 Å². The van der Waals surface area contributed by atoms with Crippen LogP contribution in [0.3, 0.4) is 0 Å². The van der Waals surface area contributed by atoms with Gasteiger partial charge in [0.1, 0.15) is 0 Å². The monoisotopic (exact) mass is 161 g/mol. The first kappa shape index (κ1) is 7.91. The van der Waals surface area contributed by atoms with Crippen LogP contribution in [0.15, 0.2) is 24.3 Å². The number of benzene rings is 1. The van der Waals surface area contributed by atoms with Gasteiger partial charge in [0, 0.05) is 0 Å². The normalized spacial score (nSPS) is 11.5. The maximum Gasteiger partial charge on any atom is 0.416 e. The summed E-state index contributed by atoms with van der Waals surface area (Å²) >= 11 is 0. The van der Waals surface area contributed by atoms with Crippen molar-refractivity contribution in [2.75, 3.05) is 0 Å². The fraction of sp³-hybridized carbons (Fsp3) is 0.143. The molecule has 0 amide bonds. The van der Waals surface area contributed by atoms with Gasteiger partial charge in [0.15, 0.2) is 5.75 Å². The molecule has 0 saturated heterocycles. The molecular formula is C7H4F3O. The van der Waals surface area contributed by atoms with Gasteiger partial charge in [0.05, 0.1) is 5.56 Å². The highest BCUT2D eigenvalue weighted by Gasteiger charge is 2.30. The summed E-state index contributed by atoms with van der Waals surface area (Å²) in [4.78, 5) is 0. The van der Waals surface area contributed by atoms with Crippen molar-refractivity contribution in [3.63, 3.8) is 0 Å². The van der Waals surface area contributed by atoms with E-state index in [0.717, 1.165) is 18.2 Å². The second kappa shape index (κ2) is 2.45. The van der Waals surface area contributed by atoms with Gasteiger partial charge in [-0.05, 0) is 18.2 Å². The summed E-state index contributed by atoms with van der Waals surface area (Å²) in [6.45, 7) is 0. The molecule has 1 radical (unpaired) electrons. The molecular weight excluding hydrogens is 157 g/mol. The number of alkyl halides is 3. The third-order valence-corrected chi connectivity index (χ3v) is 1.16. The average Bonchev–Trinajstić information content (AvgIpc) is 1.86. The highest BCUT2D eigenvalue weighted by atomic mass is 19.4. The topological polar surface area (TPSA) is 19.9 Å². The van der Waals surface area contributed by atoms with Crippen molar-refractivity contribution in [1.29, 1.82) is 0 Å². The van der Waals surface area contributed by atoms with Crippen LogP contribution in [-0.2, 0) is 11.3 Å². The molecule has 0 aliphatic carbocycles. The van der Waals surface area contributed by atoms with Crippen molar-refractivity contribution in [3.8, 4) is 5.75 Å². The maximum atomic E-state index is 11.8. The van der Waals surface area contributed by atoms with E-state index in [4.69, 9.17) is 0 Å². The van der Waals surface area contributed by atoms with E-state index in [1.807, 2.05) is 0 Å². The molecule has 0 heterocycles. The molecule has 1 nitrogen and oxygen atoms in total. The highest BCUT2D eigenvalue weighted by molar-refractivity contribution is 5.28.